The molecule has 0 aromatic rings. The Morgan fingerprint density at radius 1 is 1.16 bits per heavy atom. The van der Waals surface area contributed by atoms with Crippen LogP contribution in [0.2, 0.25) is 0 Å². The van der Waals surface area contributed by atoms with Crippen molar-refractivity contribution in [2.45, 2.75) is 85.0 Å². The lowest BCUT2D eigenvalue weighted by molar-refractivity contribution is -0.173. The Labute approximate surface area is 119 Å². The Morgan fingerprint density at radius 2 is 1.84 bits per heavy atom. The van der Waals surface area contributed by atoms with Crippen LogP contribution in [-0.4, -0.2) is 25.3 Å². The molecule has 2 aliphatic carbocycles. The van der Waals surface area contributed by atoms with E-state index in [4.69, 9.17) is 4.74 Å². The van der Waals surface area contributed by atoms with Gasteiger partial charge in [0.05, 0.1) is 12.2 Å². The molecule has 0 aliphatic heterocycles. The zero-order chi connectivity index (χ0) is 14.3. The van der Waals surface area contributed by atoms with Crippen LogP contribution in [0, 0.1) is 16.7 Å². The average molecular weight is 267 g/mol. The van der Waals surface area contributed by atoms with Gasteiger partial charge < -0.3 is 10.1 Å². The standard InChI is InChI=1S/C17H33NO/c1-7-17(5)14(18-6)9-15(17)19-13-8-12(2)10-16(3,4)11-13/h12-15,18H,7-11H2,1-6H3. The first kappa shape index (κ1) is 15.3. The van der Waals surface area contributed by atoms with Crippen molar-refractivity contribution in [2.24, 2.45) is 16.7 Å². The van der Waals surface area contributed by atoms with Crippen LogP contribution in [0.4, 0.5) is 0 Å². The molecule has 2 rings (SSSR count). The van der Waals surface area contributed by atoms with Gasteiger partial charge in [-0.2, -0.15) is 0 Å². The topological polar surface area (TPSA) is 21.3 Å². The largest absolute Gasteiger partial charge is 0.374 e. The molecule has 5 unspecified atom stereocenters. The molecule has 2 heteroatoms. The van der Waals surface area contributed by atoms with E-state index in [0.29, 0.717) is 29.1 Å². The second kappa shape index (κ2) is 5.37. The van der Waals surface area contributed by atoms with Crippen molar-refractivity contribution in [2.75, 3.05) is 7.05 Å². The molecule has 0 radical (unpaired) electrons. The minimum atomic E-state index is 0.333. The third kappa shape index (κ3) is 3.00. The summed E-state index contributed by atoms with van der Waals surface area (Å²) in [6.45, 7) is 11.9. The van der Waals surface area contributed by atoms with Crippen LogP contribution in [0.3, 0.4) is 0 Å². The third-order valence-electron chi connectivity index (χ3n) is 5.79. The number of nitrogens with one attached hydrogen (secondary N) is 1. The molecule has 1 N–H and O–H groups in total. The molecule has 5 atom stereocenters. The molecule has 0 amide bonds. The van der Waals surface area contributed by atoms with Crippen LogP contribution in [0.15, 0.2) is 0 Å². The van der Waals surface area contributed by atoms with Crippen LogP contribution >= 0.6 is 0 Å². The number of ether oxygens (including phenoxy) is 1. The summed E-state index contributed by atoms with van der Waals surface area (Å²) in [6.07, 6.45) is 7.17. The summed E-state index contributed by atoms with van der Waals surface area (Å²) in [4.78, 5) is 0. The van der Waals surface area contributed by atoms with E-state index in [2.05, 4.69) is 47.0 Å². The minimum Gasteiger partial charge on any atom is -0.374 e. The highest BCUT2D eigenvalue weighted by atomic mass is 16.5. The summed E-state index contributed by atoms with van der Waals surface area (Å²) in [6, 6.07) is 0.636. The normalized spacial score (nSPS) is 45.8. The van der Waals surface area contributed by atoms with Gasteiger partial charge >= 0.3 is 0 Å². The fraction of sp³-hybridized carbons (Fsp3) is 1.00. The van der Waals surface area contributed by atoms with Crippen molar-refractivity contribution >= 4 is 0 Å². The molecule has 0 spiro atoms. The van der Waals surface area contributed by atoms with Gasteiger partial charge in [0.15, 0.2) is 0 Å². The van der Waals surface area contributed by atoms with Crippen molar-refractivity contribution in [3.05, 3.63) is 0 Å². The predicted molar refractivity (Wildman–Crippen MR) is 81.3 cm³/mol. The average Bonchev–Trinajstić information content (AvgIpc) is 2.30. The molecule has 0 heterocycles. The lowest BCUT2D eigenvalue weighted by atomic mass is 9.61. The first-order chi connectivity index (χ1) is 8.80. The van der Waals surface area contributed by atoms with Crippen LogP contribution in [0.5, 0.6) is 0 Å². The Morgan fingerprint density at radius 3 is 2.37 bits per heavy atom. The van der Waals surface area contributed by atoms with Gasteiger partial charge in [0.25, 0.3) is 0 Å². The predicted octanol–water partition coefficient (Wildman–Crippen LogP) is 3.99. The van der Waals surface area contributed by atoms with Gasteiger partial charge in [0.1, 0.15) is 0 Å². The summed E-state index contributed by atoms with van der Waals surface area (Å²) in [7, 11) is 2.08. The van der Waals surface area contributed by atoms with E-state index in [1.54, 1.807) is 0 Å². The SMILES string of the molecule is CCC1(C)C(NC)CC1OC1CC(C)CC(C)(C)C1. The maximum Gasteiger partial charge on any atom is 0.0662 e. The van der Waals surface area contributed by atoms with Gasteiger partial charge in [-0.15, -0.1) is 0 Å². The maximum atomic E-state index is 6.53. The molecule has 0 bridgehead atoms. The van der Waals surface area contributed by atoms with Crippen LogP contribution in [0.1, 0.15) is 66.7 Å². The van der Waals surface area contributed by atoms with Gasteiger partial charge in [-0.1, -0.05) is 34.6 Å². The fourth-order valence-electron chi connectivity index (χ4n) is 4.54. The van der Waals surface area contributed by atoms with Crippen molar-refractivity contribution in [3.8, 4) is 0 Å². The molecule has 2 saturated carbocycles. The van der Waals surface area contributed by atoms with E-state index in [-0.39, 0.29) is 0 Å². The van der Waals surface area contributed by atoms with Crippen LogP contribution < -0.4 is 5.32 Å². The number of hydrogen-bond acceptors (Lipinski definition) is 2. The van der Waals surface area contributed by atoms with E-state index in [1.165, 1.54) is 32.1 Å². The second-order valence-electron chi connectivity index (χ2n) is 8.10. The monoisotopic (exact) mass is 267 g/mol. The van der Waals surface area contributed by atoms with E-state index < -0.39 is 0 Å². The van der Waals surface area contributed by atoms with E-state index in [9.17, 15) is 0 Å². The van der Waals surface area contributed by atoms with E-state index in [1.807, 2.05) is 0 Å². The molecular formula is C17H33NO. The van der Waals surface area contributed by atoms with Crippen molar-refractivity contribution in [1.82, 2.24) is 5.32 Å². The summed E-state index contributed by atoms with van der Waals surface area (Å²) >= 11 is 0. The molecule has 0 saturated heterocycles. The minimum absolute atomic E-state index is 0.333. The highest BCUT2D eigenvalue weighted by Gasteiger charge is 2.51. The molecule has 0 aromatic carbocycles. The lowest BCUT2D eigenvalue weighted by Gasteiger charge is -2.55. The summed E-state index contributed by atoms with van der Waals surface area (Å²) in [5, 5.41) is 3.46. The Hall–Kier alpha value is -0.0800. The molecule has 112 valence electrons. The van der Waals surface area contributed by atoms with E-state index >= 15 is 0 Å². The number of rotatable bonds is 4. The highest BCUT2D eigenvalue weighted by Crippen LogP contribution is 2.48. The Bertz CT molecular complexity index is 314. The summed E-state index contributed by atoms with van der Waals surface area (Å²) < 4.78 is 6.53. The Kier molecular flexibility index (Phi) is 4.32. The quantitative estimate of drug-likeness (QED) is 0.831. The van der Waals surface area contributed by atoms with E-state index in [0.717, 1.165) is 5.92 Å². The van der Waals surface area contributed by atoms with Crippen molar-refractivity contribution in [3.63, 3.8) is 0 Å². The fourth-order valence-corrected chi connectivity index (χ4v) is 4.54. The zero-order valence-electron chi connectivity index (χ0n) is 13.8. The summed E-state index contributed by atoms with van der Waals surface area (Å²) in [5.41, 5.74) is 0.788. The van der Waals surface area contributed by atoms with Gasteiger partial charge in [0.2, 0.25) is 0 Å². The highest BCUT2D eigenvalue weighted by molar-refractivity contribution is 5.04. The lowest BCUT2D eigenvalue weighted by Crippen LogP contribution is -2.62. The smallest absolute Gasteiger partial charge is 0.0662 e. The van der Waals surface area contributed by atoms with Crippen molar-refractivity contribution < 1.29 is 4.74 Å². The van der Waals surface area contributed by atoms with Gasteiger partial charge in [-0.05, 0) is 50.5 Å². The molecule has 2 fully saturated rings. The third-order valence-corrected chi connectivity index (χ3v) is 5.79. The molecule has 0 aromatic heterocycles. The molecule has 2 nitrogen and oxygen atoms in total. The first-order valence-corrected chi connectivity index (χ1v) is 8.13. The molecule has 2 aliphatic rings. The first-order valence-electron chi connectivity index (χ1n) is 8.13. The Balaban J connectivity index is 1.95. The number of hydrogen-bond donors (Lipinski definition) is 1. The van der Waals surface area contributed by atoms with Gasteiger partial charge in [0, 0.05) is 11.5 Å². The van der Waals surface area contributed by atoms with Crippen molar-refractivity contribution in [1.29, 1.82) is 0 Å². The summed E-state index contributed by atoms with van der Waals surface area (Å²) in [5.74, 6) is 0.807. The van der Waals surface area contributed by atoms with Crippen LogP contribution in [0.25, 0.3) is 0 Å². The van der Waals surface area contributed by atoms with Crippen LogP contribution in [-0.2, 0) is 4.74 Å². The van der Waals surface area contributed by atoms with Gasteiger partial charge in [-0.3, -0.25) is 0 Å². The zero-order valence-corrected chi connectivity index (χ0v) is 13.8. The molecular weight excluding hydrogens is 234 g/mol. The van der Waals surface area contributed by atoms with Gasteiger partial charge in [-0.25, -0.2) is 0 Å². The molecule has 19 heavy (non-hydrogen) atoms. The second-order valence-corrected chi connectivity index (χ2v) is 8.10. The maximum absolute atomic E-state index is 6.53.